The van der Waals surface area contributed by atoms with Crippen LogP contribution in [0.2, 0.25) is 0 Å². The molecule has 0 unspecified atom stereocenters. The van der Waals surface area contributed by atoms with Gasteiger partial charge in [-0.05, 0) is 25.1 Å². The Morgan fingerprint density at radius 3 is 2.72 bits per heavy atom. The topological polar surface area (TPSA) is 65.3 Å². The number of nitro groups is 1. The van der Waals surface area contributed by atoms with Gasteiger partial charge in [-0.25, -0.2) is 4.98 Å². The number of aryl methyl sites for hydroxylation is 1. The Kier molecular flexibility index (Phi) is 3.57. The fourth-order valence-electron chi connectivity index (χ4n) is 1.43. The van der Waals surface area contributed by atoms with Crippen molar-refractivity contribution in [2.75, 3.05) is 0 Å². The molecule has 0 aliphatic carbocycles. The number of benzene rings is 1. The summed E-state index contributed by atoms with van der Waals surface area (Å²) in [6.45, 7) is 1.58. The third-order valence-corrected chi connectivity index (χ3v) is 2.74. The molecule has 0 atom stereocenters. The Bertz CT molecular complexity index is 602. The molecule has 0 spiro atoms. The van der Waals surface area contributed by atoms with E-state index in [1.165, 1.54) is 12.1 Å². The van der Waals surface area contributed by atoms with Gasteiger partial charge in [-0.2, -0.15) is 0 Å². The monoisotopic (exact) mass is 308 g/mol. The lowest BCUT2D eigenvalue weighted by Crippen LogP contribution is -1.96. The second-order valence-electron chi connectivity index (χ2n) is 3.57. The van der Waals surface area contributed by atoms with Gasteiger partial charge >= 0.3 is 0 Å². The Morgan fingerprint density at radius 1 is 1.33 bits per heavy atom. The van der Waals surface area contributed by atoms with Crippen molar-refractivity contribution in [1.29, 1.82) is 0 Å². The third-order valence-electron chi connectivity index (χ3n) is 2.25. The van der Waals surface area contributed by atoms with E-state index in [9.17, 15) is 10.1 Å². The van der Waals surface area contributed by atoms with Gasteiger partial charge in [0.15, 0.2) is 0 Å². The van der Waals surface area contributed by atoms with Crippen molar-refractivity contribution in [1.82, 2.24) is 4.98 Å². The third kappa shape index (κ3) is 2.84. The normalized spacial score (nSPS) is 10.1. The number of hydrogen-bond donors (Lipinski definition) is 0. The van der Waals surface area contributed by atoms with Crippen molar-refractivity contribution in [2.45, 2.75) is 6.92 Å². The van der Waals surface area contributed by atoms with Crippen LogP contribution in [0.4, 0.5) is 5.69 Å². The number of ether oxygens (including phenoxy) is 1. The lowest BCUT2D eigenvalue weighted by molar-refractivity contribution is -0.385. The molecule has 0 aliphatic rings. The van der Waals surface area contributed by atoms with Gasteiger partial charge in [0, 0.05) is 16.6 Å². The second-order valence-corrected chi connectivity index (χ2v) is 4.49. The van der Waals surface area contributed by atoms with Gasteiger partial charge in [-0.3, -0.25) is 10.1 Å². The molecule has 0 aliphatic heterocycles. The number of rotatable bonds is 3. The fourth-order valence-corrected chi connectivity index (χ4v) is 1.81. The Hall–Kier alpha value is -1.95. The first-order chi connectivity index (χ1) is 8.56. The zero-order chi connectivity index (χ0) is 13.1. The molecule has 92 valence electrons. The lowest BCUT2D eigenvalue weighted by Gasteiger charge is -2.05. The molecule has 0 radical (unpaired) electrons. The fraction of sp³-hybridized carbons (Fsp3) is 0.0833. The summed E-state index contributed by atoms with van der Waals surface area (Å²) in [6.07, 6.45) is 0. The van der Waals surface area contributed by atoms with E-state index in [1.54, 1.807) is 19.1 Å². The van der Waals surface area contributed by atoms with Gasteiger partial charge in [0.25, 0.3) is 5.69 Å². The van der Waals surface area contributed by atoms with E-state index in [1.807, 2.05) is 12.1 Å². The van der Waals surface area contributed by atoms with Crippen LogP contribution in [-0.2, 0) is 0 Å². The van der Waals surface area contributed by atoms with Gasteiger partial charge in [0.05, 0.1) is 4.92 Å². The predicted octanol–water partition coefficient (Wildman–Crippen LogP) is 3.85. The summed E-state index contributed by atoms with van der Waals surface area (Å²) >= 11 is 3.33. The van der Waals surface area contributed by atoms with Gasteiger partial charge in [0.2, 0.25) is 5.88 Å². The standard InChI is InChI=1S/C12H9BrN2O3/c1-8-11(15(16)17)5-6-12(14-8)18-10-4-2-3-9(13)7-10/h2-7H,1H3. The van der Waals surface area contributed by atoms with E-state index >= 15 is 0 Å². The number of nitrogens with zero attached hydrogens (tertiary/aromatic N) is 2. The molecule has 1 aromatic carbocycles. The Labute approximate surface area is 112 Å². The van der Waals surface area contributed by atoms with Crippen molar-refractivity contribution in [3.63, 3.8) is 0 Å². The van der Waals surface area contributed by atoms with E-state index in [4.69, 9.17) is 4.74 Å². The molecule has 1 aromatic heterocycles. The van der Waals surface area contributed by atoms with E-state index < -0.39 is 4.92 Å². The summed E-state index contributed by atoms with van der Waals surface area (Å²) < 4.78 is 6.40. The van der Waals surface area contributed by atoms with Crippen LogP contribution in [0.1, 0.15) is 5.69 Å². The summed E-state index contributed by atoms with van der Waals surface area (Å²) in [5, 5.41) is 10.7. The van der Waals surface area contributed by atoms with Crippen LogP contribution < -0.4 is 4.74 Å². The van der Waals surface area contributed by atoms with Crippen LogP contribution in [0.15, 0.2) is 40.9 Å². The zero-order valence-electron chi connectivity index (χ0n) is 9.46. The maximum absolute atomic E-state index is 10.7. The van der Waals surface area contributed by atoms with Gasteiger partial charge < -0.3 is 4.74 Å². The highest BCUT2D eigenvalue weighted by molar-refractivity contribution is 9.10. The molecule has 0 N–H and O–H groups in total. The second kappa shape index (κ2) is 5.14. The molecule has 0 fully saturated rings. The van der Waals surface area contributed by atoms with E-state index in [0.29, 0.717) is 17.3 Å². The SMILES string of the molecule is Cc1nc(Oc2cccc(Br)c2)ccc1[N+](=O)[O-]. The summed E-state index contributed by atoms with van der Waals surface area (Å²) in [6, 6.07) is 10.1. The van der Waals surface area contributed by atoms with Crippen molar-refractivity contribution >= 4 is 21.6 Å². The lowest BCUT2D eigenvalue weighted by atomic mass is 10.3. The number of aromatic nitrogens is 1. The summed E-state index contributed by atoms with van der Waals surface area (Å²) in [7, 11) is 0. The van der Waals surface area contributed by atoms with Crippen molar-refractivity contribution in [2.24, 2.45) is 0 Å². The number of hydrogen-bond acceptors (Lipinski definition) is 4. The van der Waals surface area contributed by atoms with E-state index in [0.717, 1.165) is 4.47 Å². The van der Waals surface area contributed by atoms with Gasteiger partial charge in [-0.15, -0.1) is 0 Å². The molecule has 18 heavy (non-hydrogen) atoms. The molecule has 0 saturated carbocycles. The smallest absolute Gasteiger partial charge is 0.290 e. The highest BCUT2D eigenvalue weighted by Gasteiger charge is 2.12. The van der Waals surface area contributed by atoms with Crippen LogP contribution >= 0.6 is 15.9 Å². The highest BCUT2D eigenvalue weighted by atomic mass is 79.9. The minimum absolute atomic E-state index is 0.0170. The van der Waals surface area contributed by atoms with E-state index in [-0.39, 0.29) is 5.69 Å². The molecule has 0 saturated heterocycles. The van der Waals surface area contributed by atoms with Gasteiger partial charge in [-0.1, -0.05) is 22.0 Å². The molecule has 2 aromatic rings. The average Bonchev–Trinajstić information content (AvgIpc) is 2.28. The van der Waals surface area contributed by atoms with Crippen LogP contribution in [0.25, 0.3) is 0 Å². The van der Waals surface area contributed by atoms with Crippen molar-refractivity contribution in [3.05, 3.63) is 56.7 Å². The number of pyridine rings is 1. The maximum atomic E-state index is 10.7. The molecule has 0 amide bonds. The van der Waals surface area contributed by atoms with Crippen molar-refractivity contribution < 1.29 is 9.66 Å². The quantitative estimate of drug-likeness (QED) is 0.638. The van der Waals surface area contributed by atoms with Crippen LogP contribution in [0, 0.1) is 17.0 Å². The molecule has 1 heterocycles. The molecule has 2 rings (SSSR count). The van der Waals surface area contributed by atoms with Crippen LogP contribution in [0.5, 0.6) is 11.6 Å². The Morgan fingerprint density at radius 2 is 2.11 bits per heavy atom. The summed E-state index contributed by atoms with van der Waals surface area (Å²) in [5.41, 5.74) is 0.309. The Balaban J connectivity index is 2.25. The predicted molar refractivity (Wildman–Crippen MR) is 69.8 cm³/mol. The first-order valence-electron chi connectivity index (χ1n) is 5.12. The summed E-state index contributed by atoms with van der Waals surface area (Å²) in [5.74, 6) is 0.946. The number of halogens is 1. The average molecular weight is 309 g/mol. The zero-order valence-corrected chi connectivity index (χ0v) is 11.0. The minimum Gasteiger partial charge on any atom is -0.439 e. The van der Waals surface area contributed by atoms with Crippen LogP contribution in [0.3, 0.4) is 0 Å². The molecular formula is C12H9BrN2O3. The minimum atomic E-state index is -0.467. The first kappa shape index (κ1) is 12.5. The maximum Gasteiger partial charge on any atom is 0.290 e. The van der Waals surface area contributed by atoms with E-state index in [2.05, 4.69) is 20.9 Å². The summed E-state index contributed by atoms with van der Waals surface area (Å²) in [4.78, 5) is 14.2. The molecular weight excluding hydrogens is 300 g/mol. The molecule has 0 bridgehead atoms. The van der Waals surface area contributed by atoms with Gasteiger partial charge in [0.1, 0.15) is 11.4 Å². The molecule has 5 nitrogen and oxygen atoms in total. The highest BCUT2D eigenvalue weighted by Crippen LogP contribution is 2.25. The van der Waals surface area contributed by atoms with Crippen molar-refractivity contribution in [3.8, 4) is 11.6 Å². The largest absolute Gasteiger partial charge is 0.439 e. The van der Waals surface area contributed by atoms with Crippen LogP contribution in [-0.4, -0.2) is 9.91 Å². The molecule has 6 heteroatoms. The first-order valence-corrected chi connectivity index (χ1v) is 5.91.